The van der Waals surface area contributed by atoms with E-state index in [2.05, 4.69) is 46.2 Å². The molecule has 1 fully saturated rings. The molecule has 0 unspecified atom stereocenters. The minimum Gasteiger partial charge on any atom is -0.497 e. The number of H-pyrrole nitrogens is 1. The van der Waals surface area contributed by atoms with Crippen LogP contribution in [0.5, 0.6) is 5.75 Å². The Labute approximate surface area is 175 Å². The van der Waals surface area contributed by atoms with Crippen LogP contribution in [0.4, 0.5) is 0 Å². The summed E-state index contributed by atoms with van der Waals surface area (Å²) in [6.07, 6.45) is 0.856. The molecule has 1 aromatic carbocycles. The van der Waals surface area contributed by atoms with Gasteiger partial charge in [-0.2, -0.15) is 0 Å². The average molecular weight is 412 g/mol. The quantitative estimate of drug-likeness (QED) is 0.662. The van der Waals surface area contributed by atoms with Crippen LogP contribution in [0.3, 0.4) is 0 Å². The molecule has 1 atom stereocenters. The van der Waals surface area contributed by atoms with E-state index in [9.17, 15) is 4.79 Å². The first-order valence-electron chi connectivity index (χ1n) is 10.3. The van der Waals surface area contributed by atoms with Gasteiger partial charge >= 0.3 is 0 Å². The number of hydrogen-bond donors (Lipinski definition) is 1. The molecular formula is C21H28N6O3. The van der Waals surface area contributed by atoms with Gasteiger partial charge < -0.3 is 14.5 Å². The molecule has 2 aromatic heterocycles. The van der Waals surface area contributed by atoms with Crippen LogP contribution in [0.2, 0.25) is 0 Å². The summed E-state index contributed by atoms with van der Waals surface area (Å²) in [5.41, 5.74) is 0.922. The molecule has 0 bridgehead atoms. The van der Waals surface area contributed by atoms with Crippen molar-refractivity contribution < 1.29 is 9.47 Å². The summed E-state index contributed by atoms with van der Waals surface area (Å²) >= 11 is 0. The summed E-state index contributed by atoms with van der Waals surface area (Å²) in [5.74, 6) is 1.37. The average Bonchev–Trinajstić information content (AvgIpc) is 3.25. The Bertz CT molecular complexity index is 1080. The number of tetrazole rings is 1. The van der Waals surface area contributed by atoms with Crippen LogP contribution in [-0.4, -0.2) is 63.5 Å². The van der Waals surface area contributed by atoms with Gasteiger partial charge in [0.2, 0.25) is 0 Å². The molecule has 0 saturated carbocycles. The van der Waals surface area contributed by atoms with E-state index in [0.717, 1.165) is 17.3 Å². The Hall–Kier alpha value is -2.78. The first-order chi connectivity index (χ1) is 14.4. The van der Waals surface area contributed by atoms with Crippen molar-refractivity contribution in [2.24, 2.45) is 0 Å². The first-order valence-corrected chi connectivity index (χ1v) is 10.3. The van der Waals surface area contributed by atoms with Gasteiger partial charge in [-0.05, 0) is 54.3 Å². The second-order valence-electron chi connectivity index (χ2n) is 8.17. The molecule has 160 valence electrons. The number of nitrogens with one attached hydrogen (secondary N) is 1. The molecule has 3 heterocycles. The van der Waals surface area contributed by atoms with Gasteiger partial charge in [-0.1, -0.05) is 6.92 Å². The number of pyridine rings is 1. The lowest BCUT2D eigenvalue weighted by Crippen LogP contribution is -2.43. The second-order valence-corrected chi connectivity index (χ2v) is 8.17. The van der Waals surface area contributed by atoms with E-state index in [1.165, 1.54) is 0 Å². The molecule has 9 nitrogen and oxygen atoms in total. The number of morpholine rings is 1. The van der Waals surface area contributed by atoms with Gasteiger partial charge in [-0.3, -0.25) is 9.69 Å². The van der Waals surface area contributed by atoms with Crippen molar-refractivity contribution >= 4 is 10.9 Å². The fourth-order valence-electron chi connectivity index (χ4n) is 3.81. The summed E-state index contributed by atoms with van der Waals surface area (Å²) in [5, 5.41) is 13.6. The Balaban J connectivity index is 1.89. The zero-order valence-electron chi connectivity index (χ0n) is 17.9. The molecule has 1 aliphatic heterocycles. The third kappa shape index (κ3) is 3.70. The molecule has 4 rings (SSSR count). The van der Waals surface area contributed by atoms with E-state index in [1.807, 2.05) is 28.9 Å². The number of aromatic amines is 1. The third-order valence-corrected chi connectivity index (χ3v) is 5.96. The SMILES string of the molecule is CCC(C)(C)n1nnnc1[C@H](c1cc2ccc(OC)cc2[nH]c1=O)N1CCOCC1. The largest absolute Gasteiger partial charge is 0.497 e. The van der Waals surface area contributed by atoms with Gasteiger partial charge in [-0.25, -0.2) is 4.68 Å². The van der Waals surface area contributed by atoms with E-state index in [0.29, 0.717) is 43.4 Å². The maximum absolute atomic E-state index is 13.2. The maximum atomic E-state index is 13.2. The smallest absolute Gasteiger partial charge is 0.253 e. The van der Waals surface area contributed by atoms with Crippen molar-refractivity contribution in [3.05, 3.63) is 46.0 Å². The first kappa shape index (κ1) is 20.5. The van der Waals surface area contributed by atoms with Crippen LogP contribution in [0, 0.1) is 0 Å². The van der Waals surface area contributed by atoms with Crippen LogP contribution in [0.15, 0.2) is 29.1 Å². The van der Waals surface area contributed by atoms with Crippen molar-refractivity contribution in [3.8, 4) is 5.75 Å². The second kappa shape index (κ2) is 8.16. The lowest BCUT2D eigenvalue weighted by atomic mass is 9.99. The van der Waals surface area contributed by atoms with E-state index in [1.54, 1.807) is 7.11 Å². The van der Waals surface area contributed by atoms with Gasteiger partial charge in [0.05, 0.1) is 31.4 Å². The maximum Gasteiger partial charge on any atom is 0.253 e. The number of fused-ring (bicyclic) bond motifs is 1. The lowest BCUT2D eigenvalue weighted by Gasteiger charge is -2.35. The third-order valence-electron chi connectivity index (χ3n) is 5.96. The molecule has 3 aromatic rings. The van der Waals surface area contributed by atoms with Crippen LogP contribution < -0.4 is 10.3 Å². The van der Waals surface area contributed by atoms with E-state index < -0.39 is 0 Å². The minimum atomic E-state index is -0.370. The fraction of sp³-hybridized carbons (Fsp3) is 0.524. The van der Waals surface area contributed by atoms with Crippen LogP contribution in [-0.2, 0) is 10.3 Å². The van der Waals surface area contributed by atoms with Crippen LogP contribution in [0.25, 0.3) is 10.9 Å². The normalized spacial score (nSPS) is 16.7. The molecular weight excluding hydrogens is 384 g/mol. The predicted molar refractivity (Wildman–Crippen MR) is 113 cm³/mol. The summed E-state index contributed by atoms with van der Waals surface area (Å²) in [7, 11) is 1.61. The number of rotatable bonds is 6. The summed E-state index contributed by atoms with van der Waals surface area (Å²) in [6.45, 7) is 8.91. The zero-order valence-corrected chi connectivity index (χ0v) is 17.9. The van der Waals surface area contributed by atoms with Gasteiger partial charge in [-0.15, -0.1) is 5.10 Å². The van der Waals surface area contributed by atoms with Crippen LogP contribution in [0.1, 0.15) is 44.6 Å². The molecule has 0 spiro atoms. The Morgan fingerprint density at radius 1 is 1.27 bits per heavy atom. The van der Waals surface area contributed by atoms with Gasteiger partial charge in [0.25, 0.3) is 5.56 Å². The van der Waals surface area contributed by atoms with E-state index in [-0.39, 0.29) is 17.1 Å². The number of nitrogens with zero attached hydrogens (tertiary/aromatic N) is 5. The number of ether oxygens (including phenoxy) is 2. The fourth-order valence-corrected chi connectivity index (χ4v) is 3.81. The molecule has 30 heavy (non-hydrogen) atoms. The van der Waals surface area contributed by atoms with Crippen molar-refractivity contribution in [1.29, 1.82) is 0 Å². The zero-order chi connectivity index (χ0) is 21.3. The molecule has 9 heteroatoms. The number of hydrogen-bond acceptors (Lipinski definition) is 7. The molecule has 0 radical (unpaired) electrons. The number of methoxy groups -OCH3 is 1. The number of aromatic nitrogens is 5. The highest BCUT2D eigenvalue weighted by molar-refractivity contribution is 5.80. The highest BCUT2D eigenvalue weighted by Crippen LogP contribution is 2.31. The van der Waals surface area contributed by atoms with Gasteiger partial charge in [0, 0.05) is 24.7 Å². The molecule has 0 amide bonds. The summed E-state index contributed by atoms with van der Waals surface area (Å²) in [6, 6.07) is 7.23. The molecule has 1 saturated heterocycles. The minimum absolute atomic E-state index is 0.156. The number of benzene rings is 1. The van der Waals surface area contributed by atoms with E-state index in [4.69, 9.17) is 9.47 Å². The van der Waals surface area contributed by atoms with Crippen molar-refractivity contribution in [1.82, 2.24) is 30.1 Å². The molecule has 0 aliphatic carbocycles. The highest BCUT2D eigenvalue weighted by atomic mass is 16.5. The standard InChI is InChI=1S/C21H28N6O3/c1-5-21(2,3)27-19(23-24-25-27)18(26-8-10-30-11-9-26)16-12-14-6-7-15(29-4)13-17(14)22-20(16)28/h6-7,12-13,18H,5,8-11H2,1-4H3,(H,22,28)/t18-/m0/s1. The van der Waals surface area contributed by atoms with Crippen molar-refractivity contribution in [2.75, 3.05) is 33.4 Å². The Morgan fingerprint density at radius 3 is 2.73 bits per heavy atom. The Morgan fingerprint density at radius 2 is 2.03 bits per heavy atom. The van der Waals surface area contributed by atoms with Crippen molar-refractivity contribution in [3.63, 3.8) is 0 Å². The summed E-state index contributed by atoms with van der Waals surface area (Å²) in [4.78, 5) is 18.4. The monoisotopic (exact) mass is 412 g/mol. The van der Waals surface area contributed by atoms with Gasteiger partial charge in [0.1, 0.15) is 11.8 Å². The topological polar surface area (TPSA) is 98.2 Å². The summed E-state index contributed by atoms with van der Waals surface area (Å²) < 4.78 is 12.7. The molecule has 1 aliphatic rings. The van der Waals surface area contributed by atoms with Gasteiger partial charge in [0.15, 0.2) is 5.82 Å². The van der Waals surface area contributed by atoms with Crippen LogP contribution >= 0.6 is 0 Å². The lowest BCUT2D eigenvalue weighted by molar-refractivity contribution is 0.0204. The van der Waals surface area contributed by atoms with E-state index >= 15 is 0 Å². The highest BCUT2D eigenvalue weighted by Gasteiger charge is 2.34. The molecule has 1 N–H and O–H groups in total. The predicted octanol–water partition coefficient (Wildman–Crippen LogP) is 2.09. The Kier molecular flexibility index (Phi) is 5.57. The van der Waals surface area contributed by atoms with Crippen molar-refractivity contribution in [2.45, 2.75) is 38.8 Å².